The van der Waals surface area contributed by atoms with Gasteiger partial charge in [-0.1, -0.05) is 60.7 Å². The lowest BCUT2D eigenvalue weighted by Gasteiger charge is -2.22. The number of hydrogen-bond donors (Lipinski definition) is 2. The van der Waals surface area contributed by atoms with Gasteiger partial charge in [0.05, 0.1) is 31.1 Å². The number of rotatable bonds is 4. The number of pyridine rings is 1. The van der Waals surface area contributed by atoms with E-state index in [-0.39, 0.29) is 6.04 Å². The lowest BCUT2D eigenvalue weighted by Crippen LogP contribution is -2.14. The van der Waals surface area contributed by atoms with Crippen molar-refractivity contribution in [2.24, 2.45) is 0 Å². The fourth-order valence-corrected chi connectivity index (χ4v) is 3.12. The maximum atomic E-state index is 5.97. The third kappa shape index (κ3) is 2.72. The van der Waals surface area contributed by atoms with E-state index in [1.165, 1.54) is 11.1 Å². The highest BCUT2D eigenvalue weighted by atomic mass is 16.5. The van der Waals surface area contributed by atoms with Gasteiger partial charge in [0, 0.05) is 11.1 Å². The van der Waals surface area contributed by atoms with E-state index in [1.54, 1.807) is 0 Å². The first-order chi connectivity index (χ1) is 11.8. The van der Waals surface area contributed by atoms with Gasteiger partial charge in [-0.25, -0.2) is 4.98 Å². The average molecular weight is 317 g/mol. The molecule has 24 heavy (non-hydrogen) atoms. The van der Waals surface area contributed by atoms with Crippen LogP contribution in [0.25, 0.3) is 0 Å². The molecule has 0 spiro atoms. The van der Waals surface area contributed by atoms with E-state index < -0.39 is 0 Å². The molecule has 0 amide bonds. The number of hydrogen-bond acceptors (Lipinski definition) is 4. The van der Waals surface area contributed by atoms with Crippen molar-refractivity contribution in [3.63, 3.8) is 0 Å². The number of nitrogens with one attached hydrogen (secondary N) is 1. The van der Waals surface area contributed by atoms with Crippen molar-refractivity contribution in [2.45, 2.75) is 19.3 Å². The Morgan fingerprint density at radius 2 is 1.46 bits per heavy atom. The summed E-state index contributed by atoms with van der Waals surface area (Å²) in [6.45, 7) is 1.10. The van der Waals surface area contributed by atoms with Crippen molar-refractivity contribution in [3.8, 4) is 0 Å². The van der Waals surface area contributed by atoms with Crippen LogP contribution in [0.2, 0.25) is 0 Å². The van der Waals surface area contributed by atoms with Gasteiger partial charge in [-0.15, -0.1) is 0 Å². The second-order valence-corrected chi connectivity index (χ2v) is 5.91. The maximum absolute atomic E-state index is 5.97. The van der Waals surface area contributed by atoms with Crippen LogP contribution in [-0.4, -0.2) is 4.98 Å². The van der Waals surface area contributed by atoms with Crippen LogP contribution >= 0.6 is 0 Å². The molecule has 120 valence electrons. The highest BCUT2D eigenvalue weighted by molar-refractivity contribution is 5.62. The fraction of sp³-hybridized carbons (Fsp3) is 0.150. The van der Waals surface area contributed by atoms with Crippen LogP contribution < -0.4 is 11.1 Å². The smallest absolute Gasteiger partial charge is 0.129 e. The molecular weight excluding hydrogens is 298 g/mol. The molecule has 0 radical (unpaired) electrons. The van der Waals surface area contributed by atoms with E-state index in [0.29, 0.717) is 19.0 Å². The van der Waals surface area contributed by atoms with Crippen LogP contribution in [0.3, 0.4) is 0 Å². The molecule has 0 atom stereocenters. The standard InChI is InChI=1S/C20H19N3O/c21-20-17-13-24-12-16(17)18(11-22-20)23-19(14-7-3-1-4-8-14)15-9-5-2-6-10-15/h1-11,19,23H,12-13H2,(H2,21,22). The normalized spacial score (nSPS) is 13.0. The molecule has 4 heteroatoms. The Kier molecular flexibility index (Phi) is 3.89. The van der Waals surface area contributed by atoms with Gasteiger partial charge in [0.2, 0.25) is 0 Å². The summed E-state index contributed by atoms with van der Waals surface area (Å²) in [7, 11) is 0. The molecule has 3 N–H and O–H groups in total. The second-order valence-electron chi connectivity index (χ2n) is 5.91. The number of benzene rings is 2. The number of ether oxygens (including phenoxy) is 1. The van der Waals surface area contributed by atoms with E-state index in [1.807, 2.05) is 18.3 Å². The highest BCUT2D eigenvalue weighted by Gasteiger charge is 2.22. The number of nitrogen functional groups attached to an aromatic ring is 1. The molecule has 3 aromatic rings. The van der Waals surface area contributed by atoms with Crippen LogP contribution in [0.5, 0.6) is 0 Å². The third-order valence-electron chi connectivity index (χ3n) is 4.39. The zero-order valence-corrected chi connectivity index (χ0v) is 13.3. The number of anilines is 2. The van der Waals surface area contributed by atoms with Gasteiger partial charge in [-0.3, -0.25) is 0 Å². The Labute approximate surface area is 141 Å². The van der Waals surface area contributed by atoms with Crippen molar-refractivity contribution < 1.29 is 4.74 Å². The summed E-state index contributed by atoms with van der Waals surface area (Å²) in [4.78, 5) is 4.33. The Morgan fingerprint density at radius 3 is 2.08 bits per heavy atom. The van der Waals surface area contributed by atoms with Gasteiger partial charge >= 0.3 is 0 Å². The van der Waals surface area contributed by atoms with Gasteiger partial charge in [-0.2, -0.15) is 0 Å². The molecule has 0 saturated carbocycles. The molecule has 0 unspecified atom stereocenters. The molecule has 0 fully saturated rings. The summed E-state index contributed by atoms with van der Waals surface area (Å²) in [6.07, 6.45) is 1.81. The lowest BCUT2D eigenvalue weighted by atomic mass is 9.98. The summed E-state index contributed by atoms with van der Waals surface area (Å²) in [5, 5.41) is 3.64. The van der Waals surface area contributed by atoms with Crippen LogP contribution in [0.1, 0.15) is 28.3 Å². The Balaban J connectivity index is 1.75. The molecule has 0 aliphatic carbocycles. The summed E-state index contributed by atoms with van der Waals surface area (Å²) in [6, 6.07) is 20.9. The Bertz CT molecular complexity index is 795. The molecule has 0 saturated heterocycles. The lowest BCUT2D eigenvalue weighted by molar-refractivity contribution is 0.135. The first kappa shape index (κ1) is 14.7. The SMILES string of the molecule is Nc1ncc(NC(c2ccccc2)c2ccccc2)c2c1COC2. The van der Waals surface area contributed by atoms with Crippen molar-refractivity contribution in [1.82, 2.24) is 4.98 Å². The minimum atomic E-state index is 0.0440. The van der Waals surface area contributed by atoms with E-state index in [9.17, 15) is 0 Å². The Hall–Kier alpha value is -2.85. The third-order valence-corrected chi connectivity index (χ3v) is 4.39. The molecule has 1 aromatic heterocycles. The maximum Gasteiger partial charge on any atom is 0.129 e. The molecular formula is C20H19N3O. The molecule has 1 aliphatic heterocycles. The fourth-order valence-electron chi connectivity index (χ4n) is 3.12. The summed E-state index contributed by atoms with van der Waals surface area (Å²) in [5.41, 5.74) is 11.5. The van der Waals surface area contributed by atoms with E-state index in [0.717, 1.165) is 16.8 Å². The van der Waals surface area contributed by atoms with Crippen LogP contribution in [-0.2, 0) is 18.0 Å². The van der Waals surface area contributed by atoms with Gasteiger partial charge < -0.3 is 15.8 Å². The minimum absolute atomic E-state index is 0.0440. The van der Waals surface area contributed by atoms with Crippen molar-refractivity contribution in [1.29, 1.82) is 0 Å². The highest BCUT2D eigenvalue weighted by Crippen LogP contribution is 2.34. The van der Waals surface area contributed by atoms with Crippen molar-refractivity contribution >= 4 is 11.5 Å². The van der Waals surface area contributed by atoms with Crippen LogP contribution in [0.15, 0.2) is 66.9 Å². The molecule has 2 aromatic carbocycles. The molecule has 4 rings (SSSR count). The second kappa shape index (κ2) is 6.34. The van der Waals surface area contributed by atoms with E-state index in [4.69, 9.17) is 10.5 Å². The van der Waals surface area contributed by atoms with Crippen LogP contribution in [0, 0.1) is 0 Å². The predicted octanol–water partition coefficient (Wildman–Crippen LogP) is 3.90. The van der Waals surface area contributed by atoms with Gasteiger partial charge in [0.25, 0.3) is 0 Å². The van der Waals surface area contributed by atoms with Gasteiger partial charge in [0.1, 0.15) is 5.82 Å². The molecule has 0 bridgehead atoms. The largest absolute Gasteiger partial charge is 0.383 e. The predicted molar refractivity (Wildman–Crippen MR) is 95.5 cm³/mol. The number of nitrogens with two attached hydrogens (primary N) is 1. The first-order valence-electron chi connectivity index (χ1n) is 8.03. The topological polar surface area (TPSA) is 60.2 Å². The first-order valence-corrected chi connectivity index (χ1v) is 8.03. The zero-order chi connectivity index (χ0) is 16.4. The molecule has 1 aliphatic rings. The monoisotopic (exact) mass is 317 g/mol. The molecule has 2 heterocycles. The quantitative estimate of drug-likeness (QED) is 0.766. The van der Waals surface area contributed by atoms with E-state index in [2.05, 4.69) is 58.8 Å². The summed E-state index contributed by atoms with van der Waals surface area (Å²) >= 11 is 0. The van der Waals surface area contributed by atoms with Gasteiger partial charge in [0.15, 0.2) is 0 Å². The molecule has 4 nitrogen and oxygen atoms in total. The number of nitrogens with zero attached hydrogens (tertiary/aromatic N) is 1. The minimum Gasteiger partial charge on any atom is -0.383 e. The Morgan fingerprint density at radius 1 is 0.875 bits per heavy atom. The van der Waals surface area contributed by atoms with Crippen LogP contribution in [0.4, 0.5) is 11.5 Å². The van der Waals surface area contributed by atoms with Crippen molar-refractivity contribution in [3.05, 3.63) is 89.1 Å². The zero-order valence-electron chi connectivity index (χ0n) is 13.3. The van der Waals surface area contributed by atoms with E-state index >= 15 is 0 Å². The summed E-state index contributed by atoms with van der Waals surface area (Å²) in [5.74, 6) is 0.559. The summed E-state index contributed by atoms with van der Waals surface area (Å²) < 4.78 is 5.57. The number of fused-ring (bicyclic) bond motifs is 1. The van der Waals surface area contributed by atoms with Gasteiger partial charge in [-0.05, 0) is 11.1 Å². The van der Waals surface area contributed by atoms with Crippen molar-refractivity contribution in [2.75, 3.05) is 11.1 Å². The number of aromatic nitrogens is 1. The average Bonchev–Trinajstić information content (AvgIpc) is 3.14.